The van der Waals surface area contributed by atoms with Crippen LogP contribution >= 0.6 is 0 Å². The zero-order chi connectivity index (χ0) is 14.2. The zero-order valence-corrected chi connectivity index (χ0v) is 12.4. The summed E-state index contributed by atoms with van der Waals surface area (Å²) in [5.74, 6) is 2.42. The number of carbonyl (C=O) groups is 1. The highest BCUT2D eigenvalue weighted by Crippen LogP contribution is 2.45. The third-order valence-corrected chi connectivity index (χ3v) is 5.63. The van der Waals surface area contributed by atoms with E-state index in [9.17, 15) is 4.79 Å². The minimum Gasteiger partial charge on any atom is -0.385 e. The first kappa shape index (κ1) is 13.1. The summed E-state index contributed by atoms with van der Waals surface area (Å²) in [5, 5.41) is 3.72. The van der Waals surface area contributed by atoms with Gasteiger partial charge in [-0.15, -0.1) is 0 Å². The molecule has 0 spiro atoms. The Morgan fingerprint density at radius 2 is 1.86 bits per heavy atom. The van der Waals surface area contributed by atoms with Crippen LogP contribution in [0.3, 0.4) is 0 Å². The average Bonchev–Trinajstić information content (AvgIpc) is 3.10. The first-order valence-electron chi connectivity index (χ1n) is 8.33. The number of fused-ring (bicyclic) bond motifs is 2. The van der Waals surface area contributed by atoms with Crippen LogP contribution in [-0.4, -0.2) is 11.8 Å². The molecule has 0 heterocycles. The lowest BCUT2D eigenvalue weighted by atomic mass is 9.85. The van der Waals surface area contributed by atoms with Gasteiger partial charge in [-0.3, -0.25) is 4.79 Å². The number of allylic oxidation sites excluding steroid dienone is 2. The minimum absolute atomic E-state index is 0.278. The van der Waals surface area contributed by atoms with Crippen LogP contribution in [0.1, 0.15) is 50.0 Å². The normalized spacial score (nSPS) is 34.9. The molecular weight excluding hydrogens is 258 g/mol. The highest BCUT2D eigenvalue weighted by Gasteiger charge is 2.40. The predicted octanol–water partition coefficient (Wildman–Crippen LogP) is 3.80. The predicted molar refractivity (Wildman–Crippen MR) is 83.9 cm³/mol. The quantitative estimate of drug-likeness (QED) is 0.913. The maximum Gasteiger partial charge on any atom is 0.158 e. The van der Waals surface area contributed by atoms with Crippen LogP contribution in [0.15, 0.2) is 42.1 Å². The monoisotopic (exact) mass is 281 g/mol. The molecule has 0 amide bonds. The summed E-state index contributed by atoms with van der Waals surface area (Å²) >= 11 is 0. The van der Waals surface area contributed by atoms with E-state index in [-0.39, 0.29) is 5.78 Å². The van der Waals surface area contributed by atoms with Crippen molar-refractivity contribution in [2.75, 3.05) is 0 Å². The topological polar surface area (TPSA) is 29.1 Å². The van der Waals surface area contributed by atoms with Gasteiger partial charge in [-0.05, 0) is 49.0 Å². The number of carbonyl (C=O) groups excluding carboxylic acids is 1. The van der Waals surface area contributed by atoms with Crippen LogP contribution in [0.2, 0.25) is 0 Å². The fourth-order valence-electron chi connectivity index (χ4n) is 4.61. The first-order valence-corrected chi connectivity index (χ1v) is 8.33. The van der Waals surface area contributed by atoms with E-state index in [0.29, 0.717) is 18.4 Å². The summed E-state index contributed by atoms with van der Waals surface area (Å²) in [4.78, 5) is 12.1. The maximum atomic E-state index is 12.1. The van der Waals surface area contributed by atoms with Crippen molar-refractivity contribution in [3.05, 3.63) is 47.7 Å². The van der Waals surface area contributed by atoms with Gasteiger partial charge in [-0.25, -0.2) is 0 Å². The maximum absolute atomic E-state index is 12.1. The number of hydrogen-bond donors (Lipinski definition) is 1. The minimum atomic E-state index is 0.278. The number of benzene rings is 1. The van der Waals surface area contributed by atoms with Crippen molar-refractivity contribution >= 4 is 5.78 Å². The zero-order valence-electron chi connectivity index (χ0n) is 12.4. The second-order valence-electron chi connectivity index (χ2n) is 7.08. The number of rotatable bonds is 3. The third-order valence-electron chi connectivity index (χ3n) is 5.63. The lowest BCUT2D eigenvalue weighted by Crippen LogP contribution is -2.35. The van der Waals surface area contributed by atoms with Gasteiger partial charge in [0.1, 0.15) is 0 Å². The molecule has 0 aliphatic heterocycles. The molecule has 4 rings (SSSR count). The standard InChI is InChI=1S/C19H23NO/c21-18-11-16(14-4-2-1-3-5-14)10-17(12-18)20-19-9-13-6-7-15(19)8-13/h1-5,12-13,15-16,19-20H,6-11H2/t13-,15?,16?,19?/m1/s1. The molecule has 4 atom stereocenters. The highest BCUT2D eigenvalue weighted by atomic mass is 16.1. The van der Waals surface area contributed by atoms with Crippen molar-refractivity contribution in [2.24, 2.45) is 11.8 Å². The van der Waals surface area contributed by atoms with Gasteiger partial charge < -0.3 is 5.32 Å². The Kier molecular flexibility index (Phi) is 3.33. The highest BCUT2D eigenvalue weighted by molar-refractivity contribution is 5.92. The van der Waals surface area contributed by atoms with E-state index in [1.807, 2.05) is 12.1 Å². The van der Waals surface area contributed by atoms with Gasteiger partial charge in [0.05, 0.1) is 0 Å². The molecule has 3 aliphatic carbocycles. The number of ketones is 1. The van der Waals surface area contributed by atoms with E-state index in [2.05, 4.69) is 29.6 Å². The molecule has 110 valence electrons. The molecule has 3 unspecified atom stereocenters. The lowest BCUT2D eigenvalue weighted by Gasteiger charge is -2.29. The SMILES string of the molecule is O=C1C=C(NC2C[C@@H]3CCC2C3)CC(c2ccccc2)C1. The van der Waals surface area contributed by atoms with Crippen LogP contribution < -0.4 is 5.32 Å². The van der Waals surface area contributed by atoms with Gasteiger partial charge in [-0.2, -0.15) is 0 Å². The van der Waals surface area contributed by atoms with Crippen LogP contribution in [0.25, 0.3) is 0 Å². The Bertz CT molecular complexity index is 562. The second-order valence-corrected chi connectivity index (χ2v) is 7.08. The average molecular weight is 281 g/mol. The summed E-state index contributed by atoms with van der Waals surface area (Å²) < 4.78 is 0. The molecular formula is C19H23NO. The van der Waals surface area contributed by atoms with E-state index in [1.165, 1.54) is 36.9 Å². The van der Waals surface area contributed by atoms with Crippen LogP contribution in [0, 0.1) is 11.8 Å². The summed E-state index contributed by atoms with van der Waals surface area (Å²) in [5.41, 5.74) is 2.48. The molecule has 1 aromatic rings. The van der Waals surface area contributed by atoms with Gasteiger partial charge in [0.2, 0.25) is 0 Å². The Morgan fingerprint density at radius 1 is 1.00 bits per heavy atom. The molecule has 1 N–H and O–H groups in total. The van der Waals surface area contributed by atoms with Crippen molar-refractivity contribution in [1.29, 1.82) is 0 Å². The van der Waals surface area contributed by atoms with Gasteiger partial charge in [0.15, 0.2) is 5.78 Å². The molecule has 2 saturated carbocycles. The van der Waals surface area contributed by atoms with Crippen LogP contribution in [0.5, 0.6) is 0 Å². The molecule has 1 aromatic carbocycles. The summed E-state index contributed by atoms with van der Waals surface area (Å²) in [6.45, 7) is 0. The van der Waals surface area contributed by atoms with Crippen LogP contribution in [-0.2, 0) is 4.79 Å². The molecule has 0 saturated heterocycles. The fourth-order valence-corrected chi connectivity index (χ4v) is 4.61. The Morgan fingerprint density at radius 3 is 2.57 bits per heavy atom. The van der Waals surface area contributed by atoms with Crippen molar-refractivity contribution in [3.8, 4) is 0 Å². The third kappa shape index (κ3) is 2.64. The van der Waals surface area contributed by atoms with Gasteiger partial charge in [-0.1, -0.05) is 36.8 Å². The van der Waals surface area contributed by atoms with Gasteiger partial charge in [0, 0.05) is 24.2 Å². The number of hydrogen-bond acceptors (Lipinski definition) is 2. The molecule has 3 aliphatic rings. The molecule has 2 nitrogen and oxygen atoms in total. The Balaban J connectivity index is 1.47. The Labute approximate surface area is 126 Å². The summed E-state index contributed by atoms with van der Waals surface area (Å²) in [7, 11) is 0. The van der Waals surface area contributed by atoms with E-state index >= 15 is 0 Å². The number of nitrogens with one attached hydrogen (secondary N) is 1. The van der Waals surface area contributed by atoms with Gasteiger partial charge >= 0.3 is 0 Å². The van der Waals surface area contributed by atoms with Crippen molar-refractivity contribution in [2.45, 2.75) is 50.5 Å². The van der Waals surface area contributed by atoms with Crippen LogP contribution in [0.4, 0.5) is 0 Å². The molecule has 21 heavy (non-hydrogen) atoms. The molecule has 0 aromatic heterocycles. The summed E-state index contributed by atoms with van der Waals surface area (Å²) in [6.07, 6.45) is 9.04. The van der Waals surface area contributed by atoms with Gasteiger partial charge in [0.25, 0.3) is 0 Å². The van der Waals surface area contributed by atoms with Crippen molar-refractivity contribution < 1.29 is 4.79 Å². The van der Waals surface area contributed by atoms with E-state index < -0.39 is 0 Å². The largest absolute Gasteiger partial charge is 0.385 e. The van der Waals surface area contributed by atoms with Crippen molar-refractivity contribution in [3.63, 3.8) is 0 Å². The Hall–Kier alpha value is -1.57. The summed E-state index contributed by atoms with van der Waals surface area (Å²) in [6, 6.07) is 11.1. The fraction of sp³-hybridized carbons (Fsp3) is 0.526. The second kappa shape index (κ2) is 5.32. The smallest absolute Gasteiger partial charge is 0.158 e. The van der Waals surface area contributed by atoms with E-state index in [0.717, 1.165) is 18.3 Å². The van der Waals surface area contributed by atoms with E-state index in [1.54, 1.807) is 0 Å². The van der Waals surface area contributed by atoms with E-state index in [4.69, 9.17) is 0 Å². The first-order chi connectivity index (χ1) is 10.3. The molecule has 2 fully saturated rings. The molecule has 2 heteroatoms. The van der Waals surface area contributed by atoms with Crippen molar-refractivity contribution in [1.82, 2.24) is 5.32 Å². The molecule has 2 bridgehead atoms. The lowest BCUT2D eigenvalue weighted by molar-refractivity contribution is -0.115. The molecule has 0 radical (unpaired) electrons.